The minimum atomic E-state index is -0.276. The molecule has 2 rings (SSSR count). The second-order valence-corrected chi connectivity index (χ2v) is 4.56. The number of aryl methyl sites for hydroxylation is 1. The molecule has 0 radical (unpaired) electrons. The van der Waals surface area contributed by atoms with Gasteiger partial charge in [0.15, 0.2) is 5.82 Å². The van der Waals surface area contributed by atoms with E-state index in [2.05, 4.69) is 10.5 Å². The standard InChI is InChI=1S/C12H17N3O4/c1-8-6-10(14-19-8)13-12(17)15-5-3-4-9(7-15)11(16)18-2/h6,9H,3-5,7H2,1-2H3,(H,13,14,17)/t9-/m0/s1. The molecule has 2 heterocycles. The molecular formula is C12H17N3O4. The van der Waals surface area contributed by atoms with Crippen molar-refractivity contribution >= 4 is 17.8 Å². The van der Waals surface area contributed by atoms with Crippen LogP contribution in [0, 0.1) is 12.8 Å². The molecule has 2 amide bonds. The van der Waals surface area contributed by atoms with E-state index in [-0.39, 0.29) is 17.9 Å². The molecule has 1 aromatic rings. The molecule has 1 atom stereocenters. The van der Waals surface area contributed by atoms with Gasteiger partial charge in [0.1, 0.15) is 5.76 Å². The third kappa shape index (κ3) is 3.24. The van der Waals surface area contributed by atoms with Gasteiger partial charge < -0.3 is 14.2 Å². The molecule has 19 heavy (non-hydrogen) atoms. The van der Waals surface area contributed by atoms with Gasteiger partial charge in [-0.1, -0.05) is 5.16 Å². The average molecular weight is 267 g/mol. The maximum absolute atomic E-state index is 12.0. The lowest BCUT2D eigenvalue weighted by Gasteiger charge is -2.30. The van der Waals surface area contributed by atoms with Crippen LogP contribution in [0.25, 0.3) is 0 Å². The summed E-state index contributed by atoms with van der Waals surface area (Å²) in [7, 11) is 1.36. The molecule has 1 aromatic heterocycles. The third-order valence-electron chi connectivity index (χ3n) is 3.11. The Labute approximate surface area is 110 Å². The van der Waals surface area contributed by atoms with Gasteiger partial charge in [-0.2, -0.15) is 0 Å². The Bertz CT molecular complexity index is 471. The van der Waals surface area contributed by atoms with Crippen LogP contribution in [0.3, 0.4) is 0 Å². The minimum Gasteiger partial charge on any atom is -0.469 e. The highest BCUT2D eigenvalue weighted by Gasteiger charge is 2.29. The Morgan fingerprint density at radius 2 is 2.37 bits per heavy atom. The summed E-state index contributed by atoms with van der Waals surface area (Å²) in [5.74, 6) is 0.488. The van der Waals surface area contributed by atoms with Gasteiger partial charge in [-0.25, -0.2) is 4.79 Å². The lowest BCUT2D eigenvalue weighted by atomic mass is 9.98. The summed E-state index contributed by atoms with van der Waals surface area (Å²) in [6, 6.07) is 1.36. The van der Waals surface area contributed by atoms with Crippen LogP contribution < -0.4 is 5.32 Å². The largest absolute Gasteiger partial charge is 0.469 e. The first-order chi connectivity index (χ1) is 9.10. The molecule has 0 unspecified atom stereocenters. The Morgan fingerprint density at radius 1 is 1.58 bits per heavy atom. The SMILES string of the molecule is COC(=O)[C@H]1CCCN(C(=O)Nc2cc(C)on2)C1. The second kappa shape index (κ2) is 5.73. The van der Waals surface area contributed by atoms with Crippen molar-refractivity contribution in [2.45, 2.75) is 19.8 Å². The Balaban J connectivity index is 1.93. The smallest absolute Gasteiger partial charge is 0.323 e. The average Bonchev–Trinajstić information content (AvgIpc) is 2.83. The number of aromatic nitrogens is 1. The van der Waals surface area contributed by atoms with E-state index in [9.17, 15) is 9.59 Å². The topological polar surface area (TPSA) is 84.7 Å². The Morgan fingerprint density at radius 3 is 3.00 bits per heavy atom. The van der Waals surface area contributed by atoms with E-state index in [1.54, 1.807) is 17.9 Å². The van der Waals surface area contributed by atoms with E-state index in [0.717, 1.165) is 12.8 Å². The number of anilines is 1. The molecule has 104 valence electrons. The second-order valence-electron chi connectivity index (χ2n) is 4.56. The Kier molecular flexibility index (Phi) is 4.03. The Hall–Kier alpha value is -2.05. The van der Waals surface area contributed by atoms with Gasteiger partial charge in [0.05, 0.1) is 13.0 Å². The monoisotopic (exact) mass is 267 g/mol. The van der Waals surface area contributed by atoms with Crippen molar-refractivity contribution in [1.82, 2.24) is 10.1 Å². The fraction of sp³-hybridized carbons (Fsp3) is 0.583. The number of ether oxygens (including phenoxy) is 1. The highest BCUT2D eigenvalue weighted by atomic mass is 16.5. The predicted molar refractivity (Wildman–Crippen MR) is 66.6 cm³/mol. The summed E-state index contributed by atoms with van der Waals surface area (Å²) in [6.07, 6.45) is 1.53. The molecular weight excluding hydrogens is 250 g/mol. The summed E-state index contributed by atoms with van der Waals surface area (Å²) >= 11 is 0. The number of nitrogens with one attached hydrogen (secondary N) is 1. The van der Waals surface area contributed by atoms with Gasteiger partial charge in [-0.05, 0) is 19.8 Å². The molecule has 1 N–H and O–H groups in total. The van der Waals surface area contributed by atoms with E-state index in [0.29, 0.717) is 24.7 Å². The molecule has 0 aromatic carbocycles. The van der Waals surface area contributed by atoms with Crippen LogP contribution in [0.1, 0.15) is 18.6 Å². The van der Waals surface area contributed by atoms with Crippen LogP contribution in [-0.2, 0) is 9.53 Å². The summed E-state index contributed by atoms with van der Waals surface area (Å²) in [6.45, 7) is 2.74. The van der Waals surface area contributed by atoms with Gasteiger partial charge >= 0.3 is 12.0 Å². The number of nitrogens with zero attached hydrogens (tertiary/aromatic N) is 2. The number of likely N-dealkylation sites (tertiary alicyclic amines) is 1. The molecule has 0 spiro atoms. The number of rotatable bonds is 2. The summed E-state index contributed by atoms with van der Waals surface area (Å²) < 4.78 is 9.59. The lowest BCUT2D eigenvalue weighted by molar-refractivity contribution is -0.146. The fourth-order valence-corrected chi connectivity index (χ4v) is 2.13. The molecule has 1 saturated heterocycles. The third-order valence-corrected chi connectivity index (χ3v) is 3.11. The summed E-state index contributed by atoms with van der Waals surface area (Å²) in [5.41, 5.74) is 0. The maximum atomic E-state index is 12.0. The van der Waals surface area contributed by atoms with Crippen molar-refractivity contribution in [1.29, 1.82) is 0 Å². The number of methoxy groups -OCH3 is 1. The molecule has 0 aliphatic carbocycles. The quantitative estimate of drug-likeness (QED) is 0.819. The molecule has 0 saturated carbocycles. The molecule has 7 nitrogen and oxygen atoms in total. The van der Waals surface area contributed by atoms with Crippen LogP contribution in [0.2, 0.25) is 0 Å². The zero-order valence-corrected chi connectivity index (χ0v) is 11.0. The van der Waals surface area contributed by atoms with E-state index >= 15 is 0 Å². The van der Waals surface area contributed by atoms with Crippen molar-refractivity contribution in [2.24, 2.45) is 5.92 Å². The van der Waals surface area contributed by atoms with E-state index in [1.165, 1.54) is 7.11 Å². The minimum absolute atomic E-state index is 0.247. The van der Waals surface area contributed by atoms with Gasteiger partial charge in [0, 0.05) is 19.2 Å². The summed E-state index contributed by atoms with van der Waals surface area (Å²) in [5, 5.41) is 6.34. The number of esters is 1. The highest BCUT2D eigenvalue weighted by molar-refractivity contribution is 5.88. The molecule has 1 aliphatic rings. The molecule has 1 fully saturated rings. The fourth-order valence-electron chi connectivity index (χ4n) is 2.13. The van der Waals surface area contributed by atoms with Crippen LogP contribution in [0.5, 0.6) is 0 Å². The van der Waals surface area contributed by atoms with Crippen LogP contribution >= 0.6 is 0 Å². The number of carbonyl (C=O) groups excluding carboxylic acids is 2. The van der Waals surface area contributed by atoms with Gasteiger partial charge in [-0.15, -0.1) is 0 Å². The predicted octanol–water partition coefficient (Wildman–Crippen LogP) is 1.40. The number of hydrogen-bond acceptors (Lipinski definition) is 5. The first-order valence-electron chi connectivity index (χ1n) is 6.17. The number of carbonyl (C=O) groups is 2. The maximum Gasteiger partial charge on any atom is 0.323 e. The lowest BCUT2D eigenvalue weighted by Crippen LogP contribution is -2.44. The highest BCUT2D eigenvalue weighted by Crippen LogP contribution is 2.18. The first-order valence-corrected chi connectivity index (χ1v) is 6.17. The molecule has 7 heteroatoms. The van der Waals surface area contributed by atoms with Crippen molar-refractivity contribution in [3.63, 3.8) is 0 Å². The van der Waals surface area contributed by atoms with E-state index in [1.807, 2.05) is 0 Å². The molecule has 0 bridgehead atoms. The van der Waals surface area contributed by atoms with Crippen LogP contribution in [-0.4, -0.2) is 42.3 Å². The first kappa shape index (κ1) is 13.4. The van der Waals surface area contributed by atoms with Gasteiger partial charge in [0.2, 0.25) is 0 Å². The normalized spacial score (nSPS) is 19.1. The van der Waals surface area contributed by atoms with Crippen LogP contribution in [0.4, 0.5) is 10.6 Å². The van der Waals surface area contributed by atoms with Crippen molar-refractivity contribution in [3.8, 4) is 0 Å². The van der Waals surface area contributed by atoms with Gasteiger partial charge in [-0.3, -0.25) is 10.1 Å². The van der Waals surface area contributed by atoms with Crippen molar-refractivity contribution < 1.29 is 18.8 Å². The molecule has 1 aliphatic heterocycles. The number of urea groups is 1. The van der Waals surface area contributed by atoms with E-state index < -0.39 is 0 Å². The van der Waals surface area contributed by atoms with Crippen molar-refractivity contribution in [3.05, 3.63) is 11.8 Å². The zero-order chi connectivity index (χ0) is 13.8. The van der Waals surface area contributed by atoms with E-state index in [4.69, 9.17) is 9.26 Å². The number of amides is 2. The van der Waals surface area contributed by atoms with Crippen LogP contribution in [0.15, 0.2) is 10.6 Å². The van der Waals surface area contributed by atoms with Crippen molar-refractivity contribution in [2.75, 3.05) is 25.5 Å². The zero-order valence-electron chi connectivity index (χ0n) is 11.0. The number of piperidine rings is 1. The van der Waals surface area contributed by atoms with Gasteiger partial charge in [0.25, 0.3) is 0 Å². The number of hydrogen-bond donors (Lipinski definition) is 1. The summed E-state index contributed by atoms with van der Waals surface area (Å²) in [4.78, 5) is 25.1.